The maximum Gasteiger partial charge on any atom is 0.339 e. The molecule has 1 N–H and O–H groups in total. The molecule has 4 unspecified atom stereocenters. The quantitative estimate of drug-likeness (QED) is 0.671. The molecule has 2 aliphatic carbocycles. The van der Waals surface area contributed by atoms with E-state index in [9.17, 15) is 4.79 Å². The van der Waals surface area contributed by atoms with Crippen LogP contribution >= 0.6 is 11.6 Å². The lowest BCUT2D eigenvalue weighted by atomic mass is 9.87. The smallest absolute Gasteiger partial charge is 0.339 e. The molecular weight excluding hydrogens is 286 g/mol. The van der Waals surface area contributed by atoms with Crippen LogP contribution in [0.3, 0.4) is 0 Å². The van der Waals surface area contributed by atoms with Crippen molar-refractivity contribution in [2.75, 3.05) is 12.4 Å². The molecule has 2 aliphatic rings. The summed E-state index contributed by atoms with van der Waals surface area (Å²) < 4.78 is 4.76. The van der Waals surface area contributed by atoms with Crippen LogP contribution in [0.25, 0.3) is 0 Å². The van der Waals surface area contributed by atoms with Crippen LogP contribution in [0.1, 0.15) is 30.1 Å². The van der Waals surface area contributed by atoms with E-state index >= 15 is 0 Å². The van der Waals surface area contributed by atoms with Gasteiger partial charge in [0.25, 0.3) is 0 Å². The van der Waals surface area contributed by atoms with Crippen molar-refractivity contribution in [3.63, 3.8) is 0 Å². The number of esters is 1. The molecule has 0 saturated heterocycles. The molecule has 0 heterocycles. The van der Waals surface area contributed by atoms with E-state index in [1.165, 1.54) is 20.0 Å². The molecule has 1 fully saturated rings. The summed E-state index contributed by atoms with van der Waals surface area (Å²) in [6, 6.07) is 5.79. The summed E-state index contributed by atoms with van der Waals surface area (Å²) >= 11 is 6.05. The summed E-state index contributed by atoms with van der Waals surface area (Å²) in [5, 5.41) is 3.93. The highest BCUT2D eigenvalue weighted by Gasteiger charge is 2.38. The van der Waals surface area contributed by atoms with E-state index in [0.29, 0.717) is 28.5 Å². The second kappa shape index (κ2) is 5.72. The molecular formula is C17H20ClNO2. The first-order valence-electron chi connectivity index (χ1n) is 7.41. The molecule has 0 radical (unpaired) electrons. The zero-order chi connectivity index (χ0) is 15.0. The molecule has 3 rings (SSSR count). The van der Waals surface area contributed by atoms with E-state index in [1.807, 2.05) is 6.07 Å². The number of hydrogen-bond acceptors (Lipinski definition) is 3. The number of allylic oxidation sites excluding steroid dienone is 2. The van der Waals surface area contributed by atoms with Crippen molar-refractivity contribution in [3.8, 4) is 0 Å². The molecule has 4 heteroatoms. The first kappa shape index (κ1) is 14.5. The monoisotopic (exact) mass is 305 g/mol. The average Bonchev–Trinajstić information content (AvgIpc) is 3.11. The van der Waals surface area contributed by atoms with E-state index in [2.05, 4.69) is 24.4 Å². The van der Waals surface area contributed by atoms with Crippen molar-refractivity contribution in [2.45, 2.75) is 25.8 Å². The fourth-order valence-electron chi connectivity index (χ4n) is 3.65. The summed E-state index contributed by atoms with van der Waals surface area (Å²) in [5.74, 6) is 1.72. The van der Waals surface area contributed by atoms with Gasteiger partial charge in [0.15, 0.2) is 0 Å². The first-order chi connectivity index (χ1) is 10.1. The molecule has 1 aromatic rings. The third-order valence-electron chi connectivity index (χ3n) is 4.74. The zero-order valence-corrected chi connectivity index (χ0v) is 13.1. The Morgan fingerprint density at radius 3 is 2.81 bits per heavy atom. The SMILES string of the molecule is COC(=O)c1cc(NC(C)C2CC3C=CC2C3)ccc1Cl. The average molecular weight is 306 g/mol. The number of benzene rings is 1. The Morgan fingerprint density at radius 2 is 2.19 bits per heavy atom. The minimum Gasteiger partial charge on any atom is -0.465 e. The number of carbonyl (C=O) groups is 1. The molecule has 21 heavy (non-hydrogen) atoms. The second-order valence-corrected chi connectivity index (χ2v) is 6.47. The number of fused-ring (bicyclic) bond motifs is 2. The number of nitrogens with one attached hydrogen (secondary N) is 1. The molecule has 1 saturated carbocycles. The van der Waals surface area contributed by atoms with Gasteiger partial charge in [-0.2, -0.15) is 0 Å². The molecule has 3 nitrogen and oxygen atoms in total. The number of ether oxygens (including phenoxy) is 1. The number of carbonyl (C=O) groups excluding carboxylic acids is 1. The molecule has 4 atom stereocenters. The van der Waals surface area contributed by atoms with Crippen LogP contribution in [-0.2, 0) is 4.74 Å². The van der Waals surface area contributed by atoms with Crippen LogP contribution in [0.4, 0.5) is 5.69 Å². The lowest BCUT2D eigenvalue weighted by Crippen LogP contribution is -2.28. The van der Waals surface area contributed by atoms with Gasteiger partial charge in [0, 0.05) is 11.7 Å². The fourth-order valence-corrected chi connectivity index (χ4v) is 3.84. The predicted molar refractivity (Wildman–Crippen MR) is 84.7 cm³/mol. The van der Waals surface area contributed by atoms with Crippen LogP contribution in [0.15, 0.2) is 30.4 Å². The van der Waals surface area contributed by atoms with Crippen molar-refractivity contribution in [1.82, 2.24) is 0 Å². The van der Waals surface area contributed by atoms with Crippen LogP contribution in [-0.4, -0.2) is 19.1 Å². The Labute approximate surface area is 130 Å². The van der Waals surface area contributed by atoms with E-state index in [1.54, 1.807) is 12.1 Å². The van der Waals surface area contributed by atoms with Gasteiger partial charge in [0.1, 0.15) is 0 Å². The van der Waals surface area contributed by atoms with E-state index in [-0.39, 0.29) is 0 Å². The molecule has 2 bridgehead atoms. The van der Waals surface area contributed by atoms with Crippen molar-refractivity contribution < 1.29 is 9.53 Å². The Bertz CT molecular complexity index is 584. The van der Waals surface area contributed by atoms with Crippen LogP contribution in [0.2, 0.25) is 5.02 Å². The number of methoxy groups -OCH3 is 1. The highest BCUT2D eigenvalue weighted by atomic mass is 35.5. The molecule has 0 amide bonds. The van der Waals surface area contributed by atoms with E-state index in [0.717, 1.165) is 11.6 Å². The highest BCUT2D eigenvalue weighted by molar-refractivity contribution is 6.33. The summed E-state index contributed by atoms with van der Waals surface area (Å²) in [6.07, 6.45) is 7.27. The van der Waals surface area contributed by atoms with Gasteiger partial charge in [-0.1, -0.05) is 23.8 Å². The molecule has 0 aliphatic heterocycles. The largest absolute Gasteiger partial charge is 0.465 e. The van der Waals surface area contributed by atoms with Gasteiger partial charge in [-0.3, -0.25) is 0 Å². The molecule has 0 spiro atoms. The number of anilines is 1. The lowest BCUT2D eigenvalue weighted by Gasteiger charge is -2.27. The Morgan fingerprint density at radius 1 is 1.38 bits per heavy atom. The van der Waals surface area contributed by atoms with Crippen molar-refractivity contribution in [2.24, 2.45) is 17.8 Å². The second-order valence-electron chi connectivity index (χ2n) is 6.06. The minimum absolute atomic E-state index is 0.372. The maximum atomic E-state index is 11.7. The Kier molecular flexibility index (Phi) is 3.94. The number of rotatable bonds is 4. The number of hydrogen-bond donors (Lipinski definition) is 1. The van der Waals surface area contributed by atoms with Crippen molar-refractivity contribution in [3.05, 3.63) is 40.9 Å². The topological polar surface area (TPSA) is 38.3 Å². The fraction of sp³-hybridized carbons (Fsp3) is 0.471. The van der Waals surface area contributed by atoms with Crippen LogP contribution in [0.5, 0.6) is 0 Å². The summed E-state index contributed by atoms with van der Waals surface area (Å²) in [7, 11) is 1.36. The third kappa shape index (κ3) is 2.80. The standard InChI is InChI=1S/C17H20ClNO2/c1-10(14-8-11-3-4-12(14)7-11)19-13-5-6-16(18)15(9-13)17(20)21-2/h3-6,9-12,14,19H,7-8H2,1-2H3. The van der Waals surface area contributed by atoms with Crippen molar-refractivity contribution >= 4 is 23.3 Å². The highest BCUT2D eigenvalue weighted by Crippen LogP contribution is 2.45. The van der Waals surface area contributed by atoms with Crippen LogP contribution < -0.4 is 5.32 Å². The number of halogens is 1. The summed E-state index contributed by atoms with van der Waals surface area (Å²) in [6.45, 7) is 2.21. The van der Waals surface area contributed by atoms with Gasteiger partial charge in [0.05, 0.1) is 17.7 Å². The van der Waals surface area contributed by atoms with Gasteiger partial charge in [-0.25, -0.2) is 4.79 Å². The maximum absolute atomic E-state index is 11.7. The molecule has 1 aromatic carbocycles. The summed E-state index contributed by atoms with van der Waals surface area (Å²) in [4.78, 5) is 11.7. The normalized spacial score (nSPS) is 27.7. The predicted octanol–water partition coefficient (Wildman–Crippen LogP) is 4.14. The van der Waals surface area contributed by atoms with Gasteiger partial charge >= 0.3 is 5.97 Å². The van der Waals surface area contributed by atoms with Crippen LogP contribution in [0, 0.1) is 17.8 Å². The zero-order valence-electron chi connectivity index (χ0n) is 12.3. The molecule has 0 aromatic heterocycles. The van der Waals surface area contributed by atoms with E-state index < -0.39 is 5.97 Å². The van der Waals surface area contributed by atoms with Gasteiger partial charge in [-0.15, -0.1) is 0 Å². The Balaban J connectivity index is 1.73. The van der Waals surface area contributed by atoms with Gasteiger partial charge < -0.3 is 10.1 Å². The van der Waals surface area contributed by atoms with Crippen molar-refractivity contribution in [1.29, 1.82) is 0 Å². The van der Waals surface area contributed by atoms with Gasteiger partial charge in [-0.05, 0) is 55.7 Å². The summed E-state index contributed by atoms with van der Waals surface area (Å²) in [5.41, 5.74) is 1.32. The van der Waals surface area contributed by atoms with Gasteiger partial charge in [0.2, 0.25) is 0 Å². The third-order valence-corrected chi connectivity index (χ3v) is 5.07. The van der Waals surface area contributed by atoms with E-state index in [4.69, 9.17) is 16.3 Å². The lowest BCUT2D eigenvalue weighted by molar-refractivity contribution is 0.0601. The molecule has 112 valence electrons. The first-order valence-corrected chi connectivity index (χ1v) is 7.79. The minimum atomic E-state index is -0.404. The Hall–Kier alpha value is -1.48.